The number of hydrogen-bond acceptors (Lipinski definition) is 6. The average molecular weight is 363 g/mol. The summed E-state index contributed by atoms with van der Waals surface area (Å²) in [5, 5.41) is 18.5. The van der Waals surface area contributed by atoms with Gasteiger partial charge >= 0.3 is 0 Å². The fourth-order valence-corrected chi connectivity index (χ4v) is 3.48. The quantitative estimate of drug-likeness (QED) is 0.470. The molecule has 0 radical (unpaired) electrons. The van der Waals surface area contributed by atoms with Gasteiger partial charge < -0.3 is 4.74 Å². The van der Waals surface area contributed by atoms with Crippen LogP contribution in [0.3, 0.4) is 0 Å². The number of hydrogen-bond donors (Lipinski definition) is 0. The molecular formula is C19H17N5OS. The SMILES string of the molecule is N#Cc1ccc(OCCSc2nnc(-c3ccncc3)n2C2CC2)cc1. The maximum atomic E-state index is 8.82. The Kier molecular flexibility index (Phi) is 4.84. The van der Waals surface area contributed by atoms with Gasteiger partial charge in [-0.3, -0.25) is 9.55 Å². The monoisotopic (exact) mass is 363 g/mol. The summed E-state index contributed by atoms with van der Waals surface area (Å²) in [6.45, 7) is 0.568. The van der Waals surface area contributed by atoms with E-state index in [-0.39, 0.29) is 0 Å². The Hall–Kier alpha value is -2.85. The van der Waals surface area contributed by atoms with Crippen LogP contribution in [0.5, 0.6) is 5.75 Å². The Balaban J connectivity index is 1.39. The highest BCUT2D eigenvalue weighted by Crippen LogP contribution is 2.40. The van der Waals surface area contributed by atoms with E-state index >= 15 is 0 Å². The zero-order valence-corrected chi connectivity index (χ0v) is 14.9. The lowest BCUT2D eigenvalue weighted by atomic mass is 10.2. The third kappa shape index (κ3) is 3.70. The summed E-state index contributed by atoms with van der Waals surface area (Å²) in [6, 6.07) is 13.7. The van der Waals surface area contributed by atoms with Gasteiger partial charge in [-0.25, -0.2) is 0 Å². The topological polar surface area (TPSA) is 76.6 Å². The van der Waals surface area contributed by atoms with Gasteiger partial charge in [0.1, 0.15) is 5.75 Å². The minimum absolute atomic E-state index is 0.495. The maximum Gasteiger partial charge on any atom is 0.191 e. The molecule has 2 aromatic heterocycles. The molecule has 2 heterocycles. The van der Waals surface area contributed by atoms with Crippen molar-refractivity contribution in [3.8, 4) is 23.2 Å². The molecule has 0 amide bonds. The van der Waals surface area contributed by atoms with Crippen molar-refractivity contribution in [2.75, 3.05) is 12.4 Å². The van der Waals surface area contributed by atoms with Crippen molar-refractivity contribution in [1.82, 2.24) is 19.7 Å². The molecule has 3 aromatic rings. The Morgan fingerprint density at radius 2 is 1.88 bits per heavy atom. The molecule has 4 rings (SSSR count). The standard InChI is InChI=1S/C19H17N5OS/c20-13-14-1-5-17(6-2-14)25-11-12-26-19-23-22-18(24(19)16-3-4-16)15-7-9-21-10-8-15/h1-2,5-10,16H,3-4,11-12H2. The van der Waals surface area contributed by atoms with Crippen molar-refractivity contribution in [2.24, 2.45) is 0 Å². The lowest BCUT2D eigenvalue weighted by Gasteiger charge is -2.09. The molecule has 7 heteroatoms. The highest BCUT2D eigenvalue weighted by molar-refractivity contribution is 7.99. The largest absolute Gasteiger partial charge is 0.493 e. The van der Waals surface area contributed by atoms with E-state index in [4.69, 9.17) is 10.00 Å². The fourth-order valence-electron chi connectivity index (χ4n) is 2.65. The van der Waals surface area contributed by atoms with Crippen LogP contribution in [-0.2, 0) is 0 Å². The highest BCUT2D eigenvalue weighted by atomic mass is 32.2. The number of nitriles is 1. The summed E-state index contributed by atoms with van der Waals surface area (Å²) in [5.41, 5.74) is 1.67. The van der Waals surface area contributed by atoms with E-state index in [0.29, 0.717) is 18.2 Å². The van der Waals surface area contributed by atoms with Crippen LogP contribution in [0.1, 0.15) is 24.4 Å². The van der Waals surface area contributed by atoms with Gasteiger partial charge in [-0.05, 0) is 49.2 Å². The Morgan fingerprint density at radius 3 is 2.58 bits per heavy atom. The molecule has 1 aromatic carbocycles. The highest BCUT2D eigenvalue weighted by Gasteiger charge is 2.30. The van der Waals surface area contributed by atoms with E-state index in [1.807, 2.05) is 24.3 Å². The normalized spacial score (nSPS) is 13.3. The van der Waals surface area contributed by atoms with E-state index in [0.717, 1.165) is 28.0 Å². The Labute approximate surface area is 155 Å². The molecule has 0 spiro atoms. The number of thioether (sulfide) groups is 1. The van der Waals surface area contributed by atoms with Gasteiger partial charge in [0, 0.05) is 29.8 Å². The minimum Gasteiger partial charge on any atom is -0.493 e. The summed E-state index contributed by atoms with van der Waals surface area (Å²) in [5.74, 6) is 2.46. The zero-order valence-electron chi connectivity index (χ0n) is 14.1. The summed E-state index contributed by atoms with van der Waals surface area (Å²) >= 11 is 1.65. The molecule has 1 aliphatic rings. The molecule has 26 heavy (non-hydrogen) atoms. The van der Waals surface area contributed by atoms with Crippen molar-refractivity contribution < 1.29 is 4.74 Å². The molecule has 0 N–H and O–H groups in total. The lowest BCUT2D eigenvalue weighted by molar-refractivity contribution is 0.344. The molecule has 0 bridgehead atoms. The van der Waals surface area contributed by atoms with Gasteiger partial charge in [0.25, 0.3) is 0 Å². The zero-order chi connectivity index (χ0) is 17.8. The summed E-state index contributed by atoms with van der Waals surface area (Å²) in [7, 11) is 0. The third-order valence-corrected chi connectivity index (χ3v) is 4.99. The smallest absolute Gasteiger partial charge is 0.191 e. The van der Waals surface area contributed by atoms with Gasteiger partial charge in [-0.15, -0.1) is 10.2 Å². The second-order valence-corrected chi connectivity index (χ2v) is 7.04. The summed E-state index contributed by atoms with van der Waals surface area (Å²) in [4.78, 5) is 4.07. The van der Waals surface area contributed by atoms with E-state index < -0.39 is 0 Å². The van der Waals surface area contributed by atoms with Crippen molar-refractivity contribution in [2.45, 2.75) is 24.0 Å². The molecule has 0 unspecified atom stereocenters. The van der Waals surface area contributed by atoms with Gasteiger partial charge in [0.2, 0.25) is 0 Å². The first-order valence-electron chi connectivity index (χ1n) is 8.46. The molecule has 1 fully saturated rings. The molecule has 1 aliphatic carbocycles. The van der Waals surface area contributed by atoms with Crippen LogP contribution in [0.25, 0.3) is 11.4 Å². The van der Waals surface area contributed by atoms with Crippen LogP contribution in [0.2, 0.25) is 0 Å². The summed E-state index contributed by atoms with van der Waals surface area (Å²) < 4.78 is 7.98. The van der Waals surface area contributed by atoms with Crippen LogP contribution < -0.4 is 4.74 Å². The molecule has 6 nitrogen and oxygen atoms in total. The first kappa shape index (κ1) is 16.6. The van der Waals surface area contributed by atoms with Crippen molar-refractivity contribution in [3.63, 3.8) is 0 Å². The predicted molar refractivity (Wildman–Crippen MR) is 98.9 cm³/mol. The maximum absolute atomic E-state index is 8.82. The first-order chi connectivity index (χ1) is 12.8. The number of benzene rings is 1. The molecule has 0 saturated heterocycles. The number of nitrogens with zero attached hydrogens (tertiary/aromatic N) is 5. The predicted octanol–water partition coefficient (Wildman–Crippen LogP) is 3.72. The van der Waals surface area contributed by atoms with E-state index in [2.05, 4.69) is 25.8 Å². The van der Waals surface area contributed by atoms with Gasteiger partial charge in [0.15, 0.2) is 11.0 Å². The van der Waals surface area contributed by atoms with Crippen molar-refractivity contribution in [1.29, 1.82) is 5.26 Å². The molecule has 1 saturated carbocycles. The van der Waals surface area contributed by atoms with Crippen molar-refractivity contribution >= 4 is 11.8 Å². The van der Waals surface area contributed by atoms with Gasteiger partial charge in [-0.1, -0.05) is 11.8 Å². The number of pyridine rings is 1. The summed E-state index contributed by atoms with van der Waals surface area (Å²) in [6.07, 6.45) is 5.90. The second-order valence-electron chi connectivity index (χ2n) is 5.98. The van der Waals surface area contributed by atoms with Crippen LogP contribution in [-0.4, -0.2) is 32.1 Å². The van der Waals surface area contributed by atoms with Gasteiger partial charge in [-0.2, -0.15) is 5.26 Å². The molecule has 0 atom stereocenters. The van der Waals surface area contributed by atoms with Crippen LogP contribution in [0.4, 0.5) is 0 Å². The van der Waals surface area contributed by atoms with E-state index in [1.165, 1.54) is 12.8 Å². The number of rotatable bonds is 7. The minimum atomic E-state index is 0.495. The number of ether oxygens (including phenoxy) is 1. The van der Waals surface area contributed by atoms with Crippen molar-refractivity contribution in [3.05, 3.63) is 54.4 Å². The van der Waals surface area contributed by atoms with Gasteiger partial charge in [0.05, 0.1) is 18.2 Å². The van der Waals surface area contributed by atoms with E-state index in [1.54, 1.807) is 36.3 Å². The fraction of sp³-hybridized carbons (Fsp3) is 0.263. The Bertz CT molecular complexity index is 913. The molecule has 130 valence electrons. The van der Waals surface area contributed by atoms with Crippen LogP contribution in [0.15, 0.2) is 53.9 Å². The average Bonchev–Trinajstić information content (AvgIpc) is 3.45. The molecule has 0 aliphatic heterocycles. The Morgan fingerprint density at radius 1 is 1.12 bits per heavy atom. The van der Waals surface area contributed by atoms with E-state index in [9.17, 15) is 0 Å². The first-order valence-corrected chi connectivity index (χ1v) is 9.45. The van der Waals surface area contributed by atoms with Crippen LogP contribution in [0, 0.1) is 11.3 Å². The third-order valence-electron chi connectivity index (χ3n) is 4.08. The lowest BCUT2D eigenvalue weighted by Crippen LogP contribution is -2.03. The second kappa shape index (κ2) is 7.58. The molecular weight excluding hydrogens is 346 g/mol. The van der Waals surface area contributed by atoms with Crippen LogP contribution >= 0.6 is 11.8 Å². The number of aromatic nitrogens is 4.